The molecule has 0 atom stereocenters. The number of aryl methyl sites for hydroxylation is 2. The second kappa shape index (κ2) is 9.26. The molecular weight excluding hydrogens is 452 g/mol. The van der Waals surface area contributed by atoms with E-state index >= 15 is 0 Å². The quantitative estimate of drug-likeness (QED) is 0.389. The summed E-state index contributed by atoms with van der Waals surface area (Å²) in [6, 6.07) is 13.7. The lowest BCUT2D eigenvalue weighted by molar-refractivity contribution is -0.115. The van der Waals surface area contributed by atoms with Crippen LogP contribution in [-0.2, 0) is 21.2 Å². The monoisotopic (exact) mass is 478 g/mol. The predicted molar refractivity (Wildman–Crippen MR) is 131 cm³/mol. The van der Waals surface area contributed by atoms with Crippen molar-refractivity contribution in [3.05, 3.63) is 77.3 Å². The zero-order chi connectivity index (χ0) is 24.5. The standard InChI is InChI=1S/C25H26N4O4S/c1-15(2)18-5-10-23-22(12-18)19(14-33-23)13-24(30)28-20-6-8-21(9-7-20)34(31,32)29-25-26-16(3)11-17(4)27-25/h5-12,14-15H,13H2,1-4H3,(H,28,30)(H,26,27,29). The van der Waals surface area contributed by atoms with E-state index in [4.69, 9.17) is 4.42 Å². The molecular formula is C25H26N4O4S. The number of benzene rings is 2. The van der Waals surface area contributed by atoms with E-state index in [0.717, 1.165) is 16.5 Å². The van der Waals surface area contributed by atoms with E-state index < -0.39 is 10.0 Å². The van der Waals surface area contributed by atoms with Crippen LogP contribution < -0.4 is 10.0 Å². The summed E-state index contributed by atoms with van der Waals surface area (Å²) in [7, 11) is -3.87. The molecule has 8 nitrogen and oxygen atoms in total. The highest BCUT2D eigenvalue weighted by molar-refractivity contribution is 7.92. The number of carbonyl (C=O) groups is 1. The fraction of sp³-hybridized carbons (Fsp3) is 0.240. The summed E-state index contributed by atoms with van der Waals surface area (Å²) in [5.74, 6) is 0.157. The first-order valence-electron chi connectivity index (χ1n) is 10.9. The van der Waals surface area contributed by atoms with Crippen LogP contribution in [0.25, 0.3) is 11.0 Å². The Labute approximate surface area is 198 Å². The van der Waals surface area contributed by atoms with Gasteiger partial charge >= 0.3 is 0 Å². The summed E-state index contributed by atoms with van der Waals surface area (Å²) >= 11 is 0. The topological polar surface area (TPSA) is 114 Å². The normalized spacial score (nSPS) is 11.7. The molecule has 2 aromatic carbocycles. The van der Waals surface area contributed by atoms with E-state index in [2.05, 4.69) is 39.9 Å². The minimum Gasteiger partial charge on any atom is -0.464 e. The van der Waals surface area contributed by atoms with Crippen LogP contribution in [0.3, 0.4) is 0 Å². The number of carbonyl (C=O) groups excluding carboxylic acids is 1. The molecule has 4 rings (SSSR count). The third kappa shape index (κ3) is 5.26. The van der Waals surface area contributed by atoms with Crippen molar-refractivity contribution >= 4 is 38.5 Å². The zero-order valence-electron chi connectivity index (χ0n) is 19.4. The fourth-order valence-electron chi connectivity index (χ4n) is 3.64. The molecule has 0 aliphatic heterocycles. The van der Waals surface area contributed by atoms with Gasteiger partial charge in [-0.25, -0.2) is 23.1 Å². The van der Waals surface area contributed by atoms with Crippen LogP contribution in [0.2, 0.25) is 0 Å². The van der Waals surface area contributed by atoms with Crippen molar-refractivity contribution in [2.75, 3.05) is 10.0 Å². The Morgan fingerprint density at radius 3 is 2.32 bits per heavy atom. The smallest absolute Gasteiger partial charge is 0.264 e. The maximum absolute atomic E-state index is 12.7. The highest BCUT2D eigenvalue weighted by atomic mass is 32.2. The number of sulfonamides is 1. The van der Waals surface area contributed by atoms with Crippen molar-refractivity contribution in [1.82, 2.24) is 9.97 Å². The largest absolute Gasteiger partial charge is 0.464 e. The number of fused-ring (bicyclic) bond motifs is 1. The first-order chi connectivity index (χ1) is 16.1. The van der Waals surface area contributed by atoms with Gasteiger partial charge in [0.25, 0.3) is 10.0 Å². The highest BCUT2D eigenvalue weighted by Crippen LogP contribution is 2.26. The van der Waals surface area contributed by atoms with E-state index in [1.54, 1.807) is 38.3 Å². The molecule has 0 fully saturated rings. The number of amides is 1. The van der Waals surface area contributed by atoms with Gasteiger partial charge in [-0.05, 0) is 67.8 Å². The Morgan fingerprint density at radius 1 is 1.00 bits per heavy atom. The van der Waals surface area contributed by atoms with Crippen LogP contribution in [0, 0.1) is 13.8 Å². The van der Waals surface area contributed by atoms with Crippen LogP contribution in [0.4, 0.5) is 11.6 Å². The lowest BCUT2D eigenvalue weighted by Gasteiger charge is -2.09. The molecule has 0 bridgehead atoms. The van der Waals surface area contributed by atoms with Gasteiger partial charge in [0.1, 0.15) is 5.58 Å². The summed E-state index contributed by atoms with van der Waals surface area (Å²) < 4.78 is 33.3. The Balaban J connectivity index is 1.45. The molecule has 0 saturated heterocycles. The lowest BCUT2D eigenvalue weighted by atomic mass is 10.00. The molecule has 9 heteroatoms. The maximum Gasteiger partial charge on any atom is 0.264 e. The van der Waals surface area contributed by atoms with Crippen molar-refractivity contribution < 1.29 is 17.6 Å². The molecule has 2 heterocycles. The summed E-state index contributed by atoms with van der Waals surface area (Å²) in [4.78, 5) is 20.9. The Kier molecular flexibility index (Phi) is 6.39. The number of nitrogens with zero attached hydrogens (tertiary/aromatic N) is 2. The van der Waals surface area contributed by atoms with Crippen molar-refractivity contribution in [3.8, 4) is 0 Å². The van der Waals surface area contributed by atoms with Gasteiger partial charge in [0, 0.05) is 28.0 Å². The van der Waals surface area contributed by atoms with Gasteiger partial charge in [-0.3, -0.25) is 4.79 Å². The van der Waals surface area contributed by atoms with Crippen molar-refractivity contribution in [2.45, 2.75) is 44.9 Å². The van der Waals surface area contributed by atoms with E-state index in [9.17, 15) is 13.2 Å². The number of nitrogens with one attached hydrogen (secondary N) is 2. The van der Waals surface area contributed by atoms with Gasteiger partial charge < -0.3 is 9.73 Å². The highest BCUT2D eigenvalue weighted by Gasteiger charge is 2.17. The van der Waals surface area contributed by atoms with Crippen molar-refractivity contribution in [3.63, 3.8) is 0 Å². The number of furan rings is 1. The van der Waals surface area contributed by atoms with Crippen LogP contribution in [0.5, 0.6) is 0 Å². The number of aromatic nitrogens is 2. The van der Waals surface area contributed by atoms with Crippen LogP contribution in [0.15, 0.2) is 64.1 Å². The van der Waals surface area contributed by atoms with Gasteiger partial charge in [0.15, 0.2) is 0 Å². The molecule has 1 amide bonds. The van der Waals surface area contributed by atoms with E-state index in [1.807, 2.05) is 12.1 Å². The molecule has 34 heavy (non-hydrogen) atoms. The summed E-state index contributed by atoms with van der Waals surface area (Å²) in [6.45, 7) is 7.75. The first-order valence-corrected chi connectivity index (χ1v) is 12.3. The molecule has 0 aliphatic carbocycles. The van der Waals surface area contributed by atoms with Gasteiger partial charge in [-0.1, -0.05) is 19.9 Å². The van der Waals surface area contributed by atoms with Crippen LogP contribution in [0.1, 0.15) is 42.3 Å². The minimum atomic E-state index is -3.87. The lowest BCUT2D eigenvalue weighted by Crippen LogP contribution is -2.16. The minimum absolute atomic E-state index is 0.0165. The molecule has 0 unspecified atom stereocenters. The van der Waals surface area contributed by atoms with Gasteiger partial charge in [-0.15, -0.1) is 0 Å². The average Bonchev–Trinajstić information content (AvgIpc) is 3.15. The molecule has 0 saturated carbocycles. The van der Waals surface area contributed by atoms with E-state index in [-0.39, 0.29) is 23.2 Å². The summed E-state index contributed by atoms with van der Waals surface area (Å²) in [6.07, 6.45) is 1.74. The van der Waals surface area contributed by atoms with Crippen LogP contribution >= 0.6 is 0 Å². The molecule has 0 spiro atoms. The van der Waals surface area contributed by atoms with Crippen molar-refractivity contribution in [1.29, 1.82) is 0 Å². The number of hydrogen-bond donors (Lipinski definition) is 2. The molecule has 2 N–H and O–H groups in total. The zero-order valence-corrected chi connectivity index (χ0v) is 20.2. The molecule has 0 aliphatic rings. The van der Waals surface area contributed by atoms with Gasteiger partial charge in [0.05, 0.1) is 17.6 Å². The second-order valence-corrected chi connectivity index (χ2v) is 10.2. The Morgan fingerprint density at radius 2 is 1.68 bits per heavy atom. The Hall–Kier alpha value is -3.72. The molecule has 2 aromatic heterocycles. The number of hydrogen-bond acceptors (Lipinski definition) is 6. The Bertz CT molecular complexity index is 1440. The van der Waals surface area contributed by atoms with Gasteiger partial charge in [-0.2, -0.15) is 0 Å². The van der Waals surface area contributed by atoms with E-state index in [1.165, 1.54) is 17.7 Å². The number of rotatable bonds is 7. The summed E-state index contributed by atoms with van der Waals surface area (Å²) in [5, 5.41) is 3.72. The molecule has 0 radical (unpaired) electrons. The second-order valence-electron chi connectivity index (χ2n) is 8.50. The molecule has 176 valence electrons. The number of anilines is 2. The van der Waals surface area contributed by atoms with Gasteiger partial charge in [0.2, 0.25) is 11.9 Å². The molecule has 4 aromatic rings. The third-order valence-corrected chi connectivity index (χ3v) is 6.70. The van der Waals surface area contributed by atoms with Crippen LogP contribution in [-0.4, -0.2) is 24.3 Å². The third-order valence-electron chi connectivity index (χ3n) is 5.35. The van der Waals surface area contributed by atoms with E-state index in [0.29, 0.717) is 23.0 Å². The van der Waals surface area contributed by atoms with Crippen molar-refractivity contribution in [2.24, 2.45) is 0 Å². The fourth-order valence-corrected chi connectivity index (χ4v) is 4.59. The maximum atomic E-state index is 12.7. The first kappa shape index (κ1) is 23.4. The summed E-state index contributed by atoms with van der Waals surface area (Å²) in [5.41, 5.74) is 4.52. The predicted octanol–water partition coefficient (Wildman–Crippen LogP) is 4.95. The average molecular weight is 479 g/mol. The SMILES string of the molecule is Cc1cc(C)nc(NS(=O)(=O)c2ccc(NC(=O)Cc3coc4ccc(C(C)C)cc34)cc2)n1.